The van der Waals surface area contributed by atoms with E-state index in [1.165, 1.54) is 12.1 Å². The van der Waals surface area contributed by atoms with Crippen LogP contribution >= 0.6 is 0 Å². The van der Waals surface area contributed by atoms with Crippen molar-refractivity contribution in [2.24, 2.45) is 11.5 Å². The number of benzene rings is 1. The summed E-state index contributed by atoms with van der Waals surface area (Å²) in [5, 5.41) is 0. The van der Waals surface area contributed by atoms with E-state index in [1.807, 2.05) is 0 Å². The van der Waals surface area contributed by atoms with Crippen molar-refractivity contribution in [1.82, 2.24) is 0 Å². The van der Waals surface area contributed by atoms with Gasteiger partial charge in [-0.1, -0.05) is 12.1 Å². The summed E-state index contributed by atoms with van der Waals surface area (Å²) >= 11 is 0. The predicted octanol–water partition coefficient (Wildman–Crippen LogP) is -0.0657. The number of nitrogens with two attached hydrogens (primary N) is 2. The van der Waals surface area contributed by atoms with E-state index in [0.717, 1.165) is 5.56 Å². The van der Waals surface area contributed by atoms with Gasteiger partial charge in [0.15, 0.2) is 0 Å². The lowest BCUT2D eigenvalue weighted by molar-refractivity contribution is 0.483. The minimum atomic E-state index is -4.12. The minimum absolute atomic E-state index is 0.0143. The topological polar surface area (TPSA) is 106 Å². The van der Waals surface area contributed by atoms with Gasteiger partial charge in [0.05, 0.1) is 4.90 Å². The van der Waals surface area contributed by atoms with Crippen molar-refractivity contribution < 1.29 is 13.0 Å². The fourth-order valence-corrected chi connectivity index (χ4v) is 1.76. The summed E-state index contributed by atoms with van der Waals surface area (Å²) in [6.07, 6.45) is 0. The quantitative estimate of drug-likeness (QED) is 0.628. The average molecular weight is 230 g/mol. The molecule has 0 saturated heterocycles. The van der Waals surface area contributed by atoms with Crippen LogP contribution in [0.4, 0.5) is 0 Å². The maximum atomic E-state index is 10.8. The molecule has 0 spiro atoms. The van der Waals surface area contributed by atoms with Crippen molar-refractivity contribution in [3.63, 3.8) is 0 Å². The van der Waals surface area contributed by atoms with Gasteiger partial charge < -0.3 is 11.5 Å². The molecular weight excluding hydrogens is 216 g/mol. The molecule has 0 fully saturated rings. The van der Waals surface area contributed by atoms with Gasteiger partial charge in [-0.15, -0.1) is 0 Å². The van der Waals surface area contributed by atoms with E-state index in [1.54, 1.807) is 12.1 Å². The molecule has 6 heteroatoms. The lowest BCUT2D eigenvalue weighted by atomic mass is 10.00. The fraction of sp³-hybridized carbons (Fsp3) is 0.333. The summed E-state index contributed by atoms with van der Waals surface area (Å²) in [4.78, 5) is -0.126. The third kappa shape index (κ3) is 3.00. The van der Waals surface area contributed by atoms with Crippen LogP contribution in [0.3, 0.4) is 0 Å². The van der Waals surface area contributed by atoms with E-state index in [2.05, 4.69) is 0 Å². The van der Waals surface area contributed by atoms with Crippen molar-refractivity contribution in [2.75, 3.05) is 13.1 Å². The van der Waals surface area contributed by atoms with Crippen LogP contribution in [0.15, 0.2) is 29.2 Å². The van der Waals surface area contributed by atoms with Crippen molar-refractivity contribution >= 4 is 10.1 Å². The van der Waals surface area contributed by atoms with E-state index < -0.39 is 10.1 Å². The van der Waals surface area contributed by atoms with Crippen molar-refractivity contribution in [1.29, 1.82) is 0 Å². The molecule has 0 amide bonds. The highest BCUT2D eigenvalue weighted by Crippen LogP contribution is 2.16. The highest BCUT2D eigenvalue weighted by molar-refractivity contribution is 7.85. The zero-order valence-corrected chi connectivity index (χ0v) is 8.94. The largest absolute Gasteiger partial charge is 0.330 e. The Balaban J connectivity index is 3.00. The maximum Gasteiger partial charge on any atom is 0.294 e. The fourth-order valence-electron chi connectivity index (χ4n) is 1.28. The first-order valence-corrected chi connectivity index (χ1v) is 5.90. The molecule has 0 aliphatic heterocycles. The SMILES string of the molecule is NCC(CN)c1ccc(S(=O)(=O)O)cc1. The summed E-state index contributed by atoms with van der Waals surface area (Å²) in [5.41, 5.74) is 11.9. The lowest BCUT2D eigenvalue weighted by Crippen LogP contribution is -2.21. The zero-order valence-electron chi connectivity index (χ0n) is 8.13. The van der Waals surface area contributed by atoms with E-state index in [-0.39, 0.29) is 10.8 Å². The molecule has 1 rings (SSSR count). The lowest BCUT2D eigenvalue weighted by Gasteiger charge is -2.12. The van der Waals surface area contributed by atoms with Crippen LogP contribution in [-0.2, 0) is 10.1 Å². The Labute approximate surface area is 88.8 Å². The summed E-state index contributed by atoms with van der Waals surface area (Å²) in [6, 6.07) is 5.88. The molecular formula is C9H14N2O3S. The normalized spacial score (nSPS) is 12.0. The summed E-state index contributed by atoms with van der Waals surface area (Å²) in [7, 11) is -4.12. The average Bonchev–Trinajstić information content (AvgIpc) is 2.19. The molecule has 0 aliphatic carbocycles. The summed E-state index contributed by atoms with van der Waals surface area (Å²) in [5.74, 6) is 0.0143. The minimum Gasteiger partial charge on any atom is -0.330 e. The highest BCUT2D eigenvalue weighted by atomic mass is 32.2. The molecule has 1 aromatic rings. The Kier molecular flexibility index (Phi) is 3.81. The molecule has 0 radical (unpaired) electrons. The second-order valence-electron chi connectivity index (χ2n) is 3.21. The van der Waals surface area contributed by atoms with Crippen LogP contribution < -0.4 is 11.5 Å². The number of hydrogen-bond donors (Lipinski definition) is 3. The first-order chi connectivity index (χ1) is 6.99. The molecule has 0 aliphatic rings. The van der Waals surface area contributed by atoms with E-state index >= 15 is 0 Å². The van der Waals surface area contributed by atoms with Crippen LogP contribution in [0.25, 0.3) is 0 Å². The molecule has 0 heterocycles. The maximum absolute atomic E-state index is 10.8. The van der Waals surface area contributed by atoms with Crippen molar-refractivity contribution in [3.05, 3.63) is 29.8 Å². The first kappa shape index (κ1) is 12.1. The third-order valence-electron chi connectivity index (χ3n) is 2.22. The molecule has 0 saturated carbocycles. The van der Waals surface area contributed by atoms with Crippen LogP contribution in [0.2, 0.25) is 0 Å². The Morgan fingerprint density at radius 3 is 1.93 bits per heavy atom. The second kappa shape index (κ2) is 4.71. The van der Waals surface area contributed by atoms with Crippen molar-refractivity contribution in [3.8, 4) is 0 Å². The van der Waals surface area contributed by atoms with Gasteiger partial charge in [-0.05, 0) is 17.7 Å². The van der Waals surface area contributed by atoms with Gasteiger partial charge in [0, 0.05) is 19.0 Å². The van der Waals surface area contributed by atoms with Crippen molar-refractivity contribution in [2.45, 2.75) is 10.8 Å². The summed E-state index contributed by atoms with van der Waals surface area (Å²) < 4.78 is 30.3. The van der Waals surface area contributed by atoms with Crippen LogP contribution in [-0.4, -0.2) is 26.1 Å². The summed E-state index contributed by atoms with van der Waals surface area (Å²) in [6.45, 7) is 0.809. The van der Waals surface area contributed by atoms with Gasteiger partial charge in [0.2, 0.25) is 0 Å². The molecule has 0 aromatic heterocycles. The van der Waals surface area contributed by atoms with Gasteiger partial charge in [0.1, 0.15) is 0 Å². The monoisotopic (exact) mass is 230 g/mol. The van der Waals surface area contributed by atoms with Gasteiger partial charge in [0.25, 0.3) is 10.1 Å². The number of hydrogen-bond acceptors (Lipinski definition) is 4. The second-order valence-corrected chi connectivity index (χ2v) is 4.63. The smallest absolute Gasteiger partial charge is 0.294 e. The van der Waals surface area contributed by atoms with Crippen LogP contribution in [0.5, 0.6) is 0 Å². The third-order valence-corrected chi connectivity index (χ3v) is 3.09. The zero-order chi connectivity index (χ0) is 11.5. The van der Waals surface area contributed by atoms with E-state index in [4.69, 9.17) is 16.0 Å². The molecule has 1 aromatic carbocycles. The Morgan fingerprint density at radius 1 is 1.13 bits per heavy atom. The molecule has 84 valence electrons. The Morgan fingerprint density at radius 2 is 1.60 bits per heavy atom. The molecule has 5 nitrogen and oxygen atoms in total. The predicted molar refractivity (Wildman–Crippen MR) is 57.1 cm³/mol. The van der Waals surface area contributed by atoms with E-state index in [9.17, 15) is 8.42 Å². The van der Waals surface area contributed by atoms with Gasteiger partial charge >= 0.3 is 0 Å². The Hall–Kier alpha value is -0.950. The van der Waals surface area contributed by atoms with Crippen LogP contribution in [0, 0.1) is 0 Å². The van der Waals surface area contributed by atoms with Gasteiger partial charge in [-0.3, -0.25) is 4.55 Å². The first-order valence-electron chi connectivity index (χ1n) is 4.46. The molecule has 15 heavy (non-hydrogen) atoms. The van der Waals surface area contributed by atoms with Gasteiger partial charge in [-0.25, -0.2) is 0 Å². The van der Waals surface area contributed by atoms with E-state index in [0.29, 0.717) is 13.1 Å². The molecule has 5 N–H and O–H groups in total. The highest BCUT2D eigenvalue weighted by Gasteiger charge is 2.11. The van der Waals surface area contributed by atoms with Crippen LogP contribution in [0.1, 0.15) is 11.5 Å². The molecule has 0 unspecified atom stereocenters. The number of rotatable bonds is 4. The molecule has 0 bridgehead atoms. The Bertz CT molecular complexity index is 409. The molecule has 0 atom stereocenters. The van der Waals surface area contributed by atoms with Gasteiger partial charge in [-0.2, -0.15) is 8.42 Å². The standard InChI is InChI=1S/C9H14N2O3S/c10-5-8(6-11)7-1-3-9(4-2-7)15(12,13)14/h1-4,8H,5-6,10-11H2,(H,12,13,14).